The highest BCUT2D eigenvalue weighted by molar-refractivity contribution is 9.10. The van der Waals surface area contributed by atoms with Crippen LogP contribution < -0.4 is 9.64 Å². The highest BCUT2D eigenvalue weighted by Gasteiger charge is 2.48. The van der Waals surface area contributed by atoms with Gasteiger partial charge in [0, 0.05) is 10.7 Å². The van der Waals surface area contributed by atoms with Crippen molar-refractivity contribution in [3.8, 4) is 5.75 Å². The molecule has 1 fully saturated rings. The van der Waals surface area contributed by atoms with Crippen molar-refractivity contribution < 1.29 is 19.4 Å². The zero-order valence-corrected chi connectivity index (χ0v) is 23.0. The Balaban J connectivity index is 1.58. The first-order chi connectivity index (χ1) is 18.3. The van der Waals surface area contributed by atoms with Crippen LogP contribution in [0.3, 0.4) is 0 Å². The van der Waals surface area contributed by atoms with Gasteiger partial charge in [0.05, 0.1) is 34.6 Å². The van der Waals surface area contributed by atoms with Gasteiger partial charge in [0.15, 0.2) is 10.9 Å². The number of anilines is 1. The van der Waals surface area contributed by atoms with Crippen LogP contribution >= 0.6 is 27.3 Å². The monoisotopic (exact) mass is 588 g/mol. The number of hydrogen-bond donors (Lipinski definition) is 1. The summed E-state index contributed by atoms with van der Waals surface area (Å²) in [5.41, 5.74) is 3.81. The number of fused-ring (bicyclic) bond motifs is 2. The summed E-state index contributed by atoms with van der Waals surface area (Å²) in [7, 11) is 1.58. The van der Waals surface area contributed by atoms with Crippen molar-refractivity contribution in [2.75, 3.05) is 12.0 Å². The van der Waals surface area contributed by atoms with Crippen LogP contribution in [0.4, 0.5) is 5.13 Å². The molecule has 5 aromatic rings. The molecule has 10 heteroatoms. The molecule has 190 valence electrons. The highest BCUT2D eigenvalue weighted by Crippen LogP contribution is 2.45. The maximum Gasteiger partial charge on any atom is 0.301 e. The fraction of sp³-hybridized carbons (Fsp3) is 0.143. The number of rotatable bonds is 4. The first kappa shape index (κ1) is 24.3. The number of carbonyl (C=O) groups excluding carboxylic acids is 2. The molecule has 38 heavy (non-hydrogen) atoms. The van der Waals surface area contributed by atoms with Crippen LogP contribution in [0.25, 0.3) is 21.6 Å². The van der Waals surface area contributed by atoms with Crippen molar-refractivity contribution in [2.24, 2.45) is 0 Å². The molecule has 8 nitrogen and oxygen atoms in total. The molecule has 1 aliphatic rings. The molecule has 1 saturated heterocycles. The Hall–Kier alpha value is -4.02. The number of benzene rings is 2. The van der Waals surface area contributed by atoms with E-state index >= 15 is 0 Å². The van der Waals surface area contributed by atoms with Crippen molar-refractivity contribution >= 4 is 65.7 Å². The number of nitrogens with zero attached hydrogens (tertiary/aromatic N) is 4. The number of imidazole rings is 1. The Morgan fingerprint density at radius 3 is 2.55 bits per heavy atom. The van der Waals surface area contributed by atoms with Gasteiger partial charge < -0.3 is 14.2 Å². The van der Waals surface area contributed by atoms with Gasteiger partial charge in [0.1, 0.15) is 17.1 Å². The quantitative estimate of drug-likeness (QED) is 0.158. The van der Waals surface area contributed by atoms with E-state index in [1.54, 1.807) is 13.2 Å². The fourth-order valence-corrected chi connectivity index (χ4v) is 6.07. The van der Waals surface area contributed by atoms with Gasteiger partial charge >= 0.3 is 5.91 Å². The number of aryl methyl sites for hydroxylation is 2. The van der Waals surface area contributed by atoms with Crippen LogP contribution in [0.1, 0.15) is 28.6 Å². The van der Waals surface area contributed by atoms with Gasteiger partial charge in [-0.05, 0) is 61.4 Å². The molecule has 0 bridgehead atoms. The van der Waals surface area contributed by atoms with Crippen molar-refractivity contribution in [3.05, 3.63) is 93.4 Å². The molecule has 1 aliphatic heterocycles. The number of aromatic nitrogens is 3. The van der Waals surface area contributed by atoms with Gasteiger partial charge in [-0.15, -0.1) is 0 Å². The first-order valence-electron chi connectivity index (χ1n) is 11.7. The molecule has 0 spiro atoms. The second-order valence-corrected chi connectivity index (χ2v) is 10.9. The minimum Gasteiger partial charge on any atom is -0.505 e. The van der Waals surface area contributed by atoms with E-state index in [-0.39, 0.29) is 17.0 Å². The Morgan fingerprint density at radius 1 is 1.08 bits per heavy atom. The van der Waals surface area contributed by atoms with E-state index in [2.05, 4.69) is 25.9 Å². The number of methoxy groups -OCH3 is 1. The summed E-state index contributed by atoms with van der Waals surface area (Å²) in [5.74, 6) is -1.21. The van der Waals surface area contributed by atoms with Gasteiger partial charge in [0.2, 0.25) is 0 Å². The van der Waals surface area contributed by atoms with Gasteiger partial charge in [-0.25, -0.2) is 9.97 Å². The number of hydrogen-bond acceptors (Lipinski definition) is 7. The van der Waals surface area contributed by atoms with E-state index in [9.17, 15) is 14.7 Å². The van der Waals surface area contributed by atoms with Crippen molar-refractivity contribution in [2.45, 2.75) is 19.9 Å². The number of aliphatic hydroxyl groups is 1. The van der Waals surface area contributed by atoms with Gasteiger partial charge in [-0.1, -0.05) is 45.5 Å². The summed E-state index contributed by atoms with van der Waals surface area (Å²) in [5, 5.41) is 12.0. The molecule has 1 unspecified atom stereocenters. The summed E-state index contributed by atoms with van der Waals surface area (Å²) in [6.45, 7) is 3.74. The van der Waals surface area contributed by atoms with E-state index in [4.69, 9.17) is 4.74 Å². The van der Waals surface area contributed by atoms with Crippen LogP contribution in [0.15, 0.2) is 70.8 Å². The molecule has 6 rings (SSSR count). The first-order valence-corrected chi connectivity index (χ1v) is 13.3. The number of ketones is 1. The third-order valence-corrected chi connectivity index (χ3v) is 8.28. The molecule has 0 radical (unpaired) electrons. The molecule has 1 N–H and O–H groups in total. The summed E-state index contributed by atoms with van der Waals surface area (Å²) in [4.78, 5) is 37.8. The van der Waals surface area contributed by atoms with Crippen molar-refractivity contribution in [1.29, 1.82) is 0 Å². The third kappa shape index (κ3) is 3.71. The zero-order valence-electron chi connectivity index (χ0n) is 20.6. The van der Waals surface area contributed by atoms with Crippen LogP contribution in [0.5, 0.6) is 5.75 Å². The number of ether oxygens (including phenoxy) is 1. The highest BCUT2D eigenvalue weighted by atomic mass is 79.9. The average molecular weight is 589 g/mol. The summed E-state index contributed by atoms with van der Waals surface area (Å²) < 4.78 is 8.84. The average Bonchev–Trinajstić information content (AvgIpc) is 3.56. The Kier molecular flexibility index (Phi) is 5.81. The smallest absolute Gasteiger partial charge is 0.301 e. The van der Waals surface area contributed by atoms with E-state index < -0.39 is 17.7 Å². The SMILES string of the molecule is COc1ccc2nc(N3C(=O)C(=O)/C(=C(/O)c4nc5c(C)cccn5c4C)C3c3ccc(Br)cc3)sc2c1. The second-order valence-electron chi connectivity index (χ2n) is 8.98. The Bertz CT molecular complexity index is 1810. The predicted molar refractivity (Wildman–Crippen MR) is 150 cm³/mol. The molecule has 3 aromatic heterocycles. The van der Waals surface area contributed by atoms with Crippen LogP contribution in [0.2, 0.25) is 0 Å². The Morgan fingerprint density at radius 2 is 1.84 bits per heavy atom. The number of amides is 1. The zero-order chi connectivity index (χ0) is 26.7. The van der Waals surface area contributed by atoms with Crippen LogP contribution in [-0.2, 0) is 9.59 Å². The number of aliphatic hydroxyl groups excluding tert-OH is 1. The predicted octanol–water partition coefficient (Wildman–Crippen LogP) is 5.96. The lowest BCUT2D eigenvalue weighted by atomic mass is 9.96. The van der Waals surface area contributed by atoms with Gasteiger partial charge in [0.25, 0.3) is 5.78 Å². The molecule has 2 aromatic carbocycles. The molecule has 1 atom stereocenters. The maximum atomic E-state index is 13.6. The standard InChI is InChI=1S/C28H21BrN4O4S/c1-14-5-4-12-32-15(2)22(31-26(14)32)24(34)21-23(16-6-8-17(29)9-7-16)33(27(36)25(21)35)28-30-19-11-10-18(37-3)13-20(19)38-28/h4-13,23,34H,1-3H3/b24-21+. The summed E-state index contributed by atoms with van der Waals surface area (Å²) >= 11 is 4.73. The topological polar surface area (TPSA) is 97.0 Å². The number of pyridine rings is 1. The second kappa shape index (κ2) is 9.07. The van der Waals surface area contributed by atoms with Crippen molar-refractivity contribution in [3.63, 3.8) is 0 Å². The molecular weight excluding hydrogens is 568 g/mol. The third-order valence-electron chi connectivity index (χ3n) is 6.73. The number of halogens is 1. The number of Topliss-reactive ketones (excluding diaryl/α,β-unsaturated/α-hetero) is 1. The lowest BCUT2D eigenvalue weighted by molar-refractivity contribution is -0.132. The lowest BCUT2D eigenvalue weighted by Gasteiger charge is -2.22. The minimum absolute atomic E-state index is 0.0293. The molecule has 1 amide bonds. The van der Waals surface area contributed by atoms with E-state index in [1.165, 1.54) is 16.2 Å². The fourth-order valence-electron chi connectivity index (χ4n) is 4.79. The summed E-state index contributed by atoms with van der Waals surface area (Å²) in [6, 6.07) is 15.7. The van der Waals surface area contributed by atoms with E-state index in [1.807, 2.05) is 73.0 Å². The largest absolute Gasteiger partial charge is 0.505 e. The van der Waals surface area contributed by atoms with Crippen LogP contribution in [-0.4, -0.2) is 38.3 Å². The molecule has 4 heterocycles. The Labute approximate surface area is 230 Å². The molecular formula is C28H21BrN4O4S. The van der Waals surface area contributed by atoms with Gasteiger partial charge in [-0.3, -0.25) is 14.5 Å². The summed E-state index contributed by atoms with van der Waals surface area (Å²) in [6.07, 6.45) is 1.85. The van der Waals surface area contributed by atoms with Crippen molar-refractivity contribution in [1.82, 2.24) is 14.4 Å². The normalized spacial score (nSPS) is 17.2. The van der Waals surface area contributed by atoms with Gasteiger partial charge in [-0.2, -0.15) is 0 Å². The van der Waals surface area contributed by atoms with Crippen LogP contribution in [0, 0.1) is 13.8 Å². The lowest BCUT2D eigenvalue weighted by Crippen LogP contribution is -2.29. The molecule has 0 aliphatic carbocycles. The minimum atomic E-state index is -0.893. The van der Waals surface area contributed by atoms with E-state index in [0.717, 1.165) is 14.7 Å². The van der Waals surface area contributed by atoms with E-state index in [0.29, 0.717) is 33.3 Å². The maximum absolute atomic E-state index is 13.6. The number of carbonyl (C=O) groups is 2. The molecule has 0 saturated carbocycles. The number of thiazole rings is 1.